The number of ketones is 1. The Morgan fingerprint density at radius 3 is 2.42 bits per heavy atom. The Bertz CT molecular complexity index is 1090. The van der Waals surface area contributed by atoms with Crippen LogP contribution in [0.3, 0.4) is 0 Å². The zero-order chi connectivity index (χ0) is 22.8. The van der Waals surface area contributed by atoms with Crippen LogP contribution in [-0.4, -0.2) is 62.0 Å². The minimum absolute atomic E-state index is 0.113. The van der Waals surface area contributed by atoms with Crippen LogP contribution in [0.4, 0.5) is 8.78 Å². The van der Waals surface area contributed by atoms with E-state index in [-0.39, 0.29) is 23.4 Å². The van der Waals surface area contributed by atoms with Gasteiger partial charge in [0.25, 0.3) is 0 Å². The standard InChI is InChI=1S/C20H19F2NO7S/c1-29-14-3-5-15(6-4-14)31(27,28)23-10-13(24)9-18(23)20(26)30-11-19(25)12-2-7-16(21)17(22)8-12/h2-8,13,18,24H,9-11H2,1H3/t13?,18-/m0/s1. The number of aliphatic hydroxyl groups excluding tert-OH is 1. The van der Waals surface area contributed by atoms with Gasteiger partial charge in [-0.25, -0.2) is 17.2 Å². The Kier molecular flexibility index (Phi) is 6.68. The first-order valence-electron chi connectivity index (χ1n) is 9.12. The summed E-state index contributed by atoms with van der Waals surface area (Å²) in [5.74, 6) is -3.76. The maximum atomic E-state index is 13.3. The number of β-amino-alcohol motifs (C(OH)–C–C–N with tert-alkyl or cyclic N) is 1. The van der Waals surface area contributed by atoms with E-state index in [1.165, 1.54) is 31.4 Å². The van der Waals surface area contributed by atoms with Crippen molar-refractivity contribution in [1.29, 1.82) is 0 Å². The van der Waals surface area contributed by atoms with E-state index < -0.39 is 52.2 Å². The van der Waals surface area contributed by atoms with Gasteiger partial charge in [0.05, 0.1) is 18.1 Å². The number of Topliss-reactive ketones (excluding diaryl/α,β-unsaturated/α-hetero) is 1. The van der Waals surface area contributed by atoms with Crippen LogP contribution in [0.15, 0.2) is 47.4 Å². The molecule has 1 unspecified atom stereocenters. The van der Waals surface area contributed by atoms with Gasteiger partial charge >= 0.3 is 5.97 Å². The van der Waals surface area contributed by atoms with E-state index in [9.17, 15) is 31.9 Å². The number of carbonyl (C=O) groups is 2. The van der Waals surface area contributed by atoms with Crippen LogP contribution in [0.1, 0.15) is 16.8 Å². The second kappa shape index (κ2) is 9.08. The van der Waals surface area contributed by atoms with Gasteiger partial charge in [-0.3, -0.25) is 9.59 Å². The second-order valence-electron chi connectivity index (χ2n) is 6.82. The van der Waals surface area contributed by atoms with Gasteiger partial charge in [0, 0.05) is 18.5 Å². The Hall–Kier alpha value is -2.89. The van der Waals surface area contributed by atoms with E-state index >= 15 is 0 Å². The smallest absolute Gasteiger partial charge is 0.325 e. The average molecular weight is 455 g/mol. The minimum Gasteiger partial charge on any atom is -0.497 e. The average Bonchev–Trinajstić information content (AvgIpc) is 3.16. The highest BCUT2D eigenvalue weighted by Gasteiger charge is 2.44. The number of methoxy groups -OCH3 is 1. The van der Waals surface area contributed by atoms with E-state index in [4.69, 9.17) is 9.47 Å². The molecular formula is C20H19F2NO7S. The highest BCUT2D eigenvalue weighted by atomic mass is 32.2. The lowest BCUT2D eigenvalue weighted by atomic mass is 10.1. The lowest BCUT2D eigenvalue weighted by molar-refractivity contribution is -0.146. The Morgan fingerprint density at radius 2 is 1.81 bits per heavy atom. The normalized spacial score (nSPS) is 19.2. The molecule has 2 aromatic carbocycles. The van der Waals surface area contributed by atoms with Gasteiger partial charge in [0.2, 0.25) is 10.0 Å². The zero-order valence-electron chi connectivity index (χ0n) is 16.3. The van der Waals surface area contributed by atoms with Crippen LogP contribution in [0, 0.1) is 11.6 Å². The topological polar surface area (TPSA) is 110 Å². The molecule has 8 nitrogen and oxygen atoms in total. The molecule has 1 heterocycles. The molecule has 1 fully saturated rings. The molecule has 1 saturated heterocycles. The number of ether oxygens (including phenoxy) is 2. The van der Waals surface area contributed by atoms with Crippen molar-refractivity contribution in [3.8, 4) is 5.75 Å². The molecule has 0 saturated carbocycles. The zero-order valence-corrected chi connectivity index (χ0v) is 17.1. The van der Waals surface area contributed by atoms with Gasteiger partial charge in [-0.2, -0.15) is 4.31 Å². The third-order valence-electron chi connectivity index (χ3n) is 4.76. The highest BCUT2D eigenvalue weighted by Crippen LogP contribution is 2.28. The fourth-order valence-corrected chi connectivity index (χ4v) is 4.76. The summed E-state index contributed by atoms with van der Waals surface area (Å²) in [4.78, 5) is 24.5. The molecule has 0 radical (unpaired) electrons. The predicted octanol–water partition coefficient (Wildman–Crippen LogP) is 1.52. The van der Waals surface area contributed by atoms with Crippen LogP contribution in [0.5, 0.6) is 5.75 Å². The maximum absolute atomic E-state index is 13.3. The number of rotatable bonds is 7. The fraction of sp³-hybridized carbons (Fsp3) is 0.300. The van der Waals surface area contributed by atoms with Crippen molar-refractivity contribution in [2.24, 2.45) is 0 Å². The van der Waals surface area contributed by atoms with Crippen LogP contribution >= 0.6 is 0 Å². The first-order chi connectivity index (χ1) is 14.6. The molecule has 0 spiro atoms. The van der Waals surface area contributed by atoms with Crippen molar-refractivity contribution in [1.82, 2.24) is 4.31 Å². The Balaban J connectivity index is 1.72. The predicted molar refractivity (Wildman–Crippen MR) is 103 cm³/mol. The van der Waals surface area contributed by atoms with Crippen molar-refractivity contribution in [3.63, 3.8) is 0 Å². The number of halogens is 2. The number of esters is 1. The van der Waals surface area contributed by atoms with Crippen molar-refractivity contribution >= 4 is 21.8 Å². The summed E-state index contributed by atoms with van der Waals surface area (Å²) >= 11 is 0. The van der Waals surface area contributed by atoms with Gasteiger partial charge < -0.3 is 14.6 Å². The quantitative estimate of drug-likeness (QED) is 0.498. The molecule has 11 heteroatoms. The first kappa shape index (κ1) is 22.8. The SMILES string of the molecule is COc1ccc(S(=O)(=O)N2CC(O)C[C@H]2C(=O)OCC(=O)c2ccc(F)c(F)c2)cc1. The number of aliphatic hydroxyl groups is 1. The van der Waals surface area contributed by atoms with E-state index in [1.54, 1.807) is 0 Å². The Labute approximate surface area is 177 Å². The van der Waals surface area contributed by atoms with Crippen molar-refractivity contribution < 1.29 is 41.4 Å². The second-order valence-corrected chi connectivity index (χ2v) is 8.71. The molecule has 0 aliphatic carbocycles. The molecule has 166 valence electrons. The van der Waals surface area contributed by atoms with Crippen LogP contribution in [0.25, 0.3) is 0 Å². The van der Waals surface area contributed by atoms with Crippen LogP contribution < -0.4 is 4.74 Å². The molecule has 2 aromatic rings. The molecular weight excluding hydrogens is 436 g/mol. The summed E-state index contributed by atoms with van der Waals surface area (Å²) in [6.45, 7) is -1.13. The number of hydrogen-bond acceptors (Lipinski definition) is 7. The number of sulfonamides is 1. The molecule has 1 aliphatic rings. The number of nitrogens with zero attached hydrogens (tertiary/aromatic N) is 1. The first-order valence-corrected chi connectivity index (χ1v) is 10.6. The van der Waals surface area contributed by atoms with Gasteiger partial charge in [0.15, 0.2) is 24.0 Å². The van der Waals surface area contributed by atoms with Gasteiger partial charge in [-0.05, 0) is 42.5 Å². The van der Waals surface area contributed by atoms with Crippen LogP contribution in [0.2, 0.25) is 0 Å². The number of benzene rings is 2. The van der Waals surface area contributed by atoms with Crippen molar-refractivity contribution in [2.75, 3.05) is 20.3 Å². The lowest BCUT2D eigenvalue weighted by Gasteiger charge is -2.22. The van der Waals surface area contributed by atoms with E-state index in [1.807, 2.05) is 0 Å². The van der Waals surface area contributed by atoms with Crippen molar-refractivity contribution in [3.05, 3.63) is 59.7 Å². The largest absolute Gasteiger partial charge is 0.497 e. The van der Waals surface area contributed by atoms with Gasteiger partial charge in [0.1, 0.15) is 11.8 Å². The Morgan fingerprint density at radius 1 is 1.13 bits per heavy atom. The summed E-state index contributed by atoms with van der Waals surface area (Å²) in [6.07, 6.45) is -1.32. The van der Waals surface area contributed by atoms with E-state index in [2.05, 4.69) is 0 Å². The summed E-state index contributed by atoms with van der Waals surface area (Å²) in [6, 6.07) is 6.60. The third-order valence-corrected chi connectivity index (χ3v) is 6.65. The molecule has 1 N–H and O–H groups in total. The highest BCUT2D eigenvalue weighted by molar-refractivity contribution is 7.89. The summed E-state index contributed by atoms with van der Waals surface area (Å²) < 4.78 is 62.9. The molecule has 3 rings (SSSR count). The maximum Gasteiger partial charge on any atom is 0.325 e. The summed E-state index contributed by atoms with van der Waals surface area (Å²) in [5.41, 5.74) is -0.208. The van der Waals surface area contributed by atoms with Gasteiger partial charge in [-0.15, -0.1) is 0 Å². The number of carbonyl (C=O) groups excluding carboxylic acids is 2. The molecule has 31 heavy (non-hydrogen) atoms. The third kappa shape index (κ3) is 4.89. The molecule has 0 amide bonds. The van der Waals surface area contributed by atoms with Crippen LogP contribution in [-0.2, 0) is 19.6 Å². The molecule has 1 aliphatic heterocycles. The fourth-order valence-electron chi connectivity index (χ4n) is 3.13. The van der Waals surface area contributed by atoms with E-state index in [0.717, 1.165) is 16.4 Å². The summed E-state index contributed by atoms with van der Waals surface area (Å²) in [5, 5.41) is 9.95. The van der Waals surface area contributed by atoms with Gasteiger partial charge in [-0.1, -0.05) is 0 Å². The minimum atomic E-state index is -4.15. The molecule has 0 aromatic heterocycles. The molecule has 0 bridgehead atoms. The summed E-state index contributed by atoms with van der Waals surface area (Å²) in [7, 11) is -2.73. The number of hydrogen-bond donors (Lipinski definition) is 1. The van der Waals surface area contributed by atoms with Crippen molar-refractivity contribution in [2.45, 2.75) is 23.5 Å². The van der Waals surface area contributed by atoms with E-state index in [0.29, 0.717) is 11.8 Å². The monoisotopic (exact) mass is 455 g/mol. The molecule has 2 atom stereocenters. The lowest BCUT2D eigenvalue weighted by Crippen LogP contribution is -2.41.